The van der Waals surface area contributed by atoms with Crippen molar-refractivity contribution < 1.29 is 18.7 Å². The van der Waals surface area contributed by atoms with Crippen molar-refractivity contribution in [1.82, 2.24) is 0 Å². The van der Waals surface area contributed by atoms with E-state index in [0.717, 1.165) is 5.56 Å². The highest BCUT2D eigenvalue weighted by molar-refractivity contribution is 6.33. The summed E-state index contributed by atoms with van der Waals surface area (Å²) < 4.78 is 15.6. The summed E-state index contributed by atoms with van der Waals surface area (Å²) in [6, 6.07) is 15.5. The van der Waals surface area contributed by atoms with E-state index in [-0.39, 0.29) is 11.5 Å². The molecule has 0 aliphatic carbocycles. The lowest BCUT2D eigenvalue weighted by molar-refractivity contribution is 0.0696. The third-order valence-electron chi connectivity index (χ3n) is 3.39. The molecule has 26 heavy (non-hydrogen) atoms. The minimum Gasteiger partial charge on any atom is -0.493 e. The molecule has 0 radical (unpaired) electrons. The van der Waals surface area contributed by atoms with Crippen LogP contribution in [-0.4, -0.2) is 19.3 Å². The molecule has 0 saturated carbocycles. The smallest absolute Gasteiger partial charge is 0.379 e. The summed E-state index contributed by atoms with van der Waals surface area (Å²) in [7, 11) is 1.49. The van der Waals surface area contributed by atoms with Gasteiger partial charge in [-0.3, -0.25) is 5.43 Å². The standard InChI is InChI=1S/C19H15ClN2O4/c1-24-18-11-13(12-21-22-15-6-3-2-5-14(15)20)8-9-16(18)26-19(23)17-7-4-10-25-17/h2-12,22H,1H3/b21-12-. The number of furan rings is 1. The molecule has 0 aliphatic rings. The Balaban J connectivity index is 1.71. The van der Waals surface area contributed by atoms with Crippen molar-refractivity contribution in [2.24, 2.45) is 5.10 Å². The van der Waals surface area contributed by atoms with Gasteiger partial charge in [-0.2, -0.15) is 5.10 Å². The Bertz CT molecular complexity index is 923. The van der Waals surface area contributed by atoms with Gasteiger partial charge in [-0.1, -0.05) is 23.7 Å². The molecule has 6 nitrogen and oxygen atoms in total. The number of anilines is 1. The SMILES string of the molecule is COc1cc(/C=N\Nc2ccccc2Cl)ccc1OC(=O)c1ccco1. The summed E-state index contributed by atoms with van der Waals surface area (Å²) >= 11 is 6.05. The number of hydrazone groups is 1. The van der Waals surface area contributed by atoms with Crippen LogP contribution in [0.15, 0.2) is 70.4 Å². The molecule has 3 aromatic rings. The van der Waals surface area contributed by atoms with Gasteiger partial charge in [0.2, 0.25) is 5.76 Å². The largest absolute Gasteiger partial charge is 0.493 e. The number of halogens is 1. The van der Waals surface area contributed by atoms with Crippen LogP contribution in [0.1, 0.15) is 16.1 Å². The van der Waals surface area contributed by atoms with Gasteiger partial charge in [-0.15, -0.1) is 0 Å². The number of benzene rings is 2. The first-order valence-electron chi connectivity index (χ1n) is 7.64. The number of carbonyl (C=O) groups excluding carboxylic acids is 1. The molecule has 3 rings (SSSR count). The van der Waals surface area contributed by atoms with Crippen LogP contribution in [0.5, 0.6) is 11.5 Å². The maximum atomic E-state index is 12.0. The predicted molar refractivity (Wildman–Crippen MR) is 99.3 cm³/mol. The normalized spacial score (nSPS) is 10.7. The van der Waals surface area contributed by atoms with Crippen LogP contribution in [-0.2, 0) is 0 Å². The van der Waals surface area contributed by atoms with Crippen LogP contribution >= 0.6 is 11.6 Å². The molecular weight excluding hydrogens is 356 g/mol. The average molecular weight is 371 g/mol. The van der Waals surface area contributed by atoms with Gasteiger partial charge in [0.15, 0.2) is 11.5 Å². The molecule has 0 atom stereocenters. The van der Waals surface area contributed by atoms with E-state index in [1.807, 2.05) is 18.2 Å². The summed E-state index contributed by atoms with van der Waals surface area (Å²) in [5.41, 5.74) is 4.31. The van der Waals surface area contributed by atoms with Gasteiger partial charge in [0, 0.05) is 0 Å². The first-order chi connectivity index (χ1) is 12.7. The minimum atomic E-state index is -0.602. The Morgan fingerprint density at radius 1 is 1.15 bits per heavy atom. The summed E-state index contributed by atoms with van der Waals surface area (Å²) in [5, 5.41) is 4.71. The zero-order chi connectivity index (χ0) is 18.4. The fraction of sp³-hybridized carbons (Fsp3) is 0.0526. The Morgan fingerprint density at radius 2 is 2.00 bits per heavy atom. The van der Waals surface area contributed by atoms with Crippen molar-refractivity contribution in [2.75, 3.05) is 12.5 Å². The second kappa shape index (κ2) is 8.22. The van der Waals surface area contributed by atoms with Crippen LogP contribution < -0.4 is 14.9 Å². The third-order valence-corrected chi connectivity index (χ3v) is 3.71. The Kier molecular flexibility index (Phi) is 5.56. The molecule has 1 N–H and O–H groups in total. The molecule has 7 heteroatoms. The molecule has 2 aromatic carbocycles. The van der Waals surface area contributed by atoms with E-state index in [1.165, 1.54) is 19.4 Å². The highest BCUT2D eigenvalue weighted by Crippen LogP contribution is 2.28. The molecule has 0 fully saturated rings. The lowest BCUT2D eigenvalue weighted by atomic mass is 10.2. The minimum absolute atomic E-state index is 0.113. The number of carbonyl (C=O) groups is 1. The topological polar surface area (TPSA) is 73.1 Å². The van der Waals surface area contributed by atoms with Crippen LogP contribution in [0, 0.1) is 0 Å². The van der Waals surface area contributed by atoms with Gasteiger partial charge in [0.05, 0.1) is 30.3 Å². The van der Waals surface area contributed by atoms with Gasteiger partial charge in [0.25, 0.3) is 0 Å². The maximum absolute atomic E-state index is 12.0. The number of esters is 1. The molecule has 132 valence electrons. The monoisotopic (exact) mass is 370 g/mol. The van der Waals surface area contributed by atoms with E-state index < -0.39 is 5.97 Å². The molecule has 1 aromatic heterocycles. The van der Waals surface area contributed by atoms with Crippen molar-refractivity contribution >= 4 is 29.5 Å². The fourth-order valence-electron chi connectivity index (χ4n) is 2.12. The predicted octanol–water partition coefficient (Wildman–Crippen LogP) is 4.61. The quantitative estimate of drug-likeness (QED) is 0.297. The maximum Gasteiger partial charge on any atom is 0.379 e. The number of hydrogen-bond acceptors (Lipinski definition) is 6. The Hall–Kier alpha value is -3.25. The lowest BCUT2D eigenvalue weighted by Crippen LogP contribution is -2.08. The first kappa shape index (κ1) is 17.6. The van der Waals surface area contributed by atoms with Crippen molar-refractivity contribution in [1.29, 1.82) is 0 Å². The van der Waals surface area contributed by atoms with E-state index in [1.54, 1.807) is 36.5 Å². The van der Waals surface area contributed by atoms with Crippen molar-refractivity contribution in [3.05, 3.63) is 77.2 Å². The first-order valence-corrected chi connectivity index (χ1v) is 8.02. The molecule has 0 spiro atoms. The zero-order valence-corrected chi connectivity index (χ0v) is 14.6. The van der Waals surface area contributed by atoms with Crippen LogP contribution in [0.4, 0.5) is 5.69 Å². The van der Waals surface area contributed by atoms with Gasteiger partial charge in [-0.05, 0) is 48.0 Å². The summed E-state index contributed by atoms with van der Waals surface area (Å²) in [4.78, 5) is 12.0. The number of methoxy groups -OCH3 is 1. The van der Waals surface area contributed by atoms with E-state index in [4.69, 9.17) is 25.5 Å². The summed E-state index contributed by atoms with van der Waals surface area (Å²) in [6.07, 6.45) is 3.00. The zero-order valence-electron chi connectivity index (χ0n) is 13.8. The number of para-hydroxylation sites is 1. The molecule has 0 saturated heterocycles. The fourth-order valence-corrected chi connectivity index (χ4v) is 2.30. The highest BCUT2D eigenvalue weighted by atomic mass is 35.5. The number of nitrogens with zero attached hydrogens (tertiary/aromatic N) is 1. The Morgan fingerprint density at radius 3 is 2.73 bits per heavy atom. The van der Waals surface area contributed by atoms with E-state index >= 15 is 0 Å². The van der Waals surface area contributed by atoms with E-state index in [2.05, 4.69) is 10.5 Å². The van der Waals surface area contributed by atoms with E-state index in [9.17, 15) is 4.79 Å². The molecule has 0 unspecified atom stereocenters. The van der Waals surface area contributed by atoms with Gasteiger partial charge < -0.3 is 13.9 Å². The van der Waals surface area contributed by atoms with Crippen LogP contribution in [0.2, 0.25) is 5.02 Å². The van der Waals surface area contributed by atoms with E-state index in [0.29, 0.717) is 16.5 Å². The third kappa shape index (κ3) is 4.23. The van der Waals surface area contributed by atoms with Gasteiger partial charge >= 0.3 is 5.97 Å². The van der Waals surface area contributed by atoms with Crippen molar-refractivity contribution in [2.45, 2.75) is 0 Å². The second-order valence-corrected chi connectivity index (χ2v) is 5.53. The number of rotatable bonds is 6. The van der Waals surface area contributed by atoms with Gasteiger partial charge in [0.1, 0.15) is 0 Å². The number of nitrogens with one attached hydrogen (secondary N) is 1. The summed E-state index contributed by atoms with van der Waals surface area (Å²) in [6.45, 7) is 0. The van der Waals surface area contributed by atoms with Crippen LogP contribution in [0.25, 0.3) is 0 Å². The second-order valence-electron chi connectivity index (χ2n) is 5.13. The molecule has 0 amide bonds. The average Bonchev–Trinajstić information content (AvgIpc) is 3.19. The Labute approximate surface area is 155 Å². The van der Waals surface area contributed by atoms with Crippen LogP contribution in [0.3, 0.4) is 0 Å². The van der Waals surface area contributed by atoms with Crippen molar-refractivity contribution in [3.8, 4) is 11.5 Å². The van der Waals surface area contributed by atoms with Crippen molar-refractivity contribution in [3.63, 3.8) is 0 Å². The number of ether oxygens (including phenoxy) is 2. The lowest BCUT2D eigenvalue weighted by Gasteiger charge is -2.09. The number of hydrogen-bond donors (Lipinski definition) is 1. The molecule has 1 heterocycles. The molecule has 0 bridgehead atoms. The summed E-state index contributed by atoms with van der Waals surface area (Å²) in [5.74, 6) is 0.188. The molecular formula is C19H15ClN2O4. The molecule has 0 aliphatic heterocycles. The van der Waals surface area contributed by atoms with Gasteiger partial charge in [-0.25, -0.2) is 4.79 Å². The highest BCUT2D eigenvalue weighted by Gasteiger charge is 2.14.